The molecule has 2 amide bonds. The van der Waals surface area contributed by atoms with Gasteiger partial charge in [0.15, 0.2) is 23.1 Å². The first-order valence-electron chi connectivity index (χ1n) is 12.0. The third-order valence-corrected chi connectivity index (χ3v) is 10.1. The van der Waals surface area contributed by atoms with Crippen LogP contribution in [0, 0.1) is 17.8 Å². The molecule has 1 saturated heterocycles. The number of rotatable bonds is 5. The van der Waals surface area contributed by atoms with E-state index < -0.39 is 41.5 Å². The molecular formula is C27H23Br2NO8. The molecule has 4 atom stereocenters. The van der Waals surface area contributed by atoms with Gasteiger partial charge in [0, 0.05) is 33.7 Å². The van der Waals surface area contributed by atoms with Crippen molar-refractivity contribution in [3.63, 3.8) is 0 Å². The molecule has 4 aliphatic rings. The van der Waals surface area contributed by atoms with E-state index in [4.69, 9.17) is 9.84 Å². The maximum absolute atomic E-state index is 13.5. The lowest BCUT2D eigenvalue weighted by Gasteiger charge is -2.42. The summed E-state index contributed by atoms with van der Waals surface area (Å²) in [6.45, 7) is 1.36. The highest BCUT2D eigenvalue weighted by molar-refractivity contribution is 9.13. The lowest BCUT2D eigenvalue weighted by atomic mass is 9.59. The van der Waals surface area contributed by atoms with Crippen LogP contribution in [0.4, 0.5) is 0 Å². The van der Waals surface area contributed by atoms with Crippen molar-refractivity contribution in [2.75, 3.05) is 13.7 Å². The van der Waals surface area contributed by atoms with Crippen molar-refractivity contribution in [1.29, 1.82) is 0 Å². The molecule has 198 valence electrons. The SMILES string of the molecule is COc1cc(C2C3=CCC4C(=O)N(CCC(=O)O)C(=O)C4C3CC3=C2C(=O)C=C(C)C3=O)c(Br)c(Br)c1O. The quantitative estimate of drug-likeness (QED) is 0.279. The Bertz CT molecular complexity index is 1440. The second-order valence-electron chi connectivity index (χ2n) is 9.85. The summed E-state index contributed by atoms with van der Waals surface area (Å²) in [7, 11) is 1.40. The number of allylic oxidation sites excluding steroid dienone is 6. The molecule has 38 heavy (non-hydrogen) atoms. The number of amides is 2. The van der Waals surface area contributed by atoms with Crippen molar-refractivity contribution in [2.24, 2.45) is 17.8 Å². The number of fused-ring (bicyclic) bond motifs is 3. The number of hydrogen-bond donors (Lipinski definition) is 2. The Morgan fingerprint density at radius 1 is 1.13 bits per heavy atom. The molecule has 1 fully saturated rings. The topological polar surface area (TPSA) is 138 Å². The third kappa shape index (κ3) is 3.89. The fourth-order valence-corrected chi connectivity index (χ4v) is 7.16. The van der Waals surface area contributed by atoms with Gasteiger partial charge < -0.3 is 14.9 Å². The van der Waals surface area contributed by atoms with E-state index in [-0.39, 0.29) is 48.9 Å². The van der Waals surface area contributed by atoms with Gasteiger partial charge in [0.2, 0.25) is 11.8 Å². The highest BCUT2D eigenvalue weighted by Gasteiger charge is 2.56. The molecule has 0 spiro atoms. The van der Waals surface area contributed by atoms with Gasteiger partial charge in [0.05, 0.1) is 29.8 Å². The molecule has 0 saturated carbocycles. The summed E-state index contributed by atoms with van der Waals surface area (Å²) in [5.41, 5.74) is 2.21. The van der Waals surface area contributed by atoms with Crippen molar-refractivity contribution < 1.29 is 38.9 Å². The van der Waals surface area contributed by atoms with Gasteiger partial charge in [0.1, 0.15) is 0 Å². The van der Waals surface area contributed by atoms with E-state index in [2.05, 4.69) is 31.9 Å². The molecule has 11 heteroatoms. The number of halogens is 2. The van der Waals surface area contributed by atoms with E-state index in [0.29, 0.717) is 31.2 Å². The predicted molar refractivity (Wildman–Crippen MR) is 140 cm³/mol. The van der Waals surface area contributed by atoms with Gasteiger partial charge in [-0.15, -0.1) is 0 Å². The molecule has 1 aromatic carbocycles. The fraction of sp³-hybridized carbons (Fsp3) is 0.370. The van der Waals surface area contributed by atoms with Gasteiger partial charge >= 0.3 is 5.97 Å². The van der Waals surface area contributed by atoms with Gasteiger partial charge in [-0.25, -0.2) is 0 Å². The number of carboxylic acids is 1. The van der Waals surface area contributed by atoms with Crippen LogP contribution in [-0.2, 0) is 24.0 Å². The molecule has 4 unspecified atom stereocenters. The summed E-state index contributed by atoms with van der Waals surface area (Å²) in [6, 6.07) is 1.60. The summed E-state index contributed by atoms with van der Waals surface area (Å²) in [5, 5.41) is 19.6. The Morgan fingerprint density at radius 2 is 1.84 bits per heavy atom. The summed E-state index contributed by atoms with van der Waals surface area (Å²) in [5.74, 6) is -5.28. The summed E-state index contributed by atoms with van der Waals surface area (Å²) >= 11 is 6.89. The lowest BCUT2D eigenvalue weighted by molar-refractivity contribution is -0.142. The minimum Gasteiger partial charge on any atom is -0.503 e. The molecule has 0 aromatic heterocycles. The van der Waals surface area contributed by atoms with Crippen LogP contribution in [0.3, 0.4) is 0 Å². The second kappa shape index (κ2) is 9.60. The van der Waals surface area contributed by atoms with Crippen LogP contribution in [-0.4, -0.2) is 58.1 Å². The van der Waals surface area contributed by atoms with E-state index in [1.807, 2.05) is 6.08 Å². The number of Topliss-reactive ketones (excluding diaryl/α,β-unsaturated/α-hetero) is 1. The summed E-state index contributed by atoms with van der Waals surface area (Å²) < 4.78 is 6.12. The first kappa shape index (κ1) is 26.6. The Morgan fingerprint density at radius 3 is 2.50 bits per heavy atom. The van der Waals surface area contributed by atoms with E-state index in [1.54, 1.807) is 13.0 Å². The number of carbonyl (C=O) groups excluding carboxylic acids is 4. The van der Waals surface area contributed by atoms with Crippen LogP contribution in [0.2, 0.25) is 0 Å². The zero-order chi connectivity index (χ0) is 27.6. The molecule has 2 N–H and O–H groups in total. The van der Waals surface area contributed by atoms with Crippen molar-refractivity contribution in [1.82, 2.24) is 4.90 Å². The first-order chi connectivity index (χ1) is 18.0. The number of ether oxygens (including phenoxy) is 1. The number of hydrogen-bond acceptors (Lipinski definition) is 7. The molecule has 1 heterocycles. The minimum absolute atomic E-state index is 0.119. The predicted octanol–water partition coefficient (Wildman–Crippen LogP) is 3.83. The number of imide groups is 1. The standard InChI is InChI=1S/C27H23Br2NO8/c1-10-7-16(31)21-15(24(10)34)8-13-11(19(21)14-9-17(38-2)25(35)23(29)22(14)28)3-4-12-20(13)27(37)30(26(12)36)6-5-18(32)33/h3,7,9,12-13,19-20,35H,4-6,8H2,1-2H3,(H,32,33). The highest BCUT2D eigenvalue weighted by Crippen LogP contribution is 2.57. The smallest absolute Gasteiger partial charge is 0.305 e. The highest BCUT2D eigenvalue weighted by atomic mass is 79.9. The maximum atomic E-state index is 13.5. The lowest BCUT2D eigenvalue weighted by Crippen LogP contribution is -2.40. The first-order valence-corrected chi connectivity index (χ1v) is 13.6. The van der Waals surface area contributed by atoms with Crippen LogP contribution < -0.4 is 4.74 Å². The number of nitrogens with zero attached hydrogens (tertiary/aromatic N) is 1. The molecular weight excluding hydrogens is 626 g/mol. The summed E-state index contributed by atoms with van der Waals surface area (Å²) in [4.78, 5) is 65.6. The van der Waals surface area contributed by atoms with Crippen LogP contribution in [0.15, 0.2) is 49.5 Å². The Kier molecular flexibility index (Phi) is 6.71. The van der Waals surface area contributed by atoms with Crippen molar-refractivity contribution >= 4 is 61.2 Å². The van der Waals surface area contributed by atoms with Gasteiger partial charge in [0.25, 0.3) is 0 Å². The number of phenolic OH excluding ortho intramolecular Hbond substituents is 1. The van der Waals surface area contributed by atoms with E-state index >= 15 is 0 Å². The maximum Gasteiger partial charge on any atom is 0.305 e. The number of ketones is 2. The number of likely N-dealkylation sites (tertiary alicyclic amines) is 1. The number of aromatic hydroxyl groups is 1. The molecule has 3 aliphatic carbocycles. The Balaban J connectivity index is 1.69. The number of carboxylic acid groups (broad SMARTS) is 1. The number of aliphatic carboxylic acids is 1. The van der Waals surface area contributed by atoms with Gasteiger partial charge in [-0.3, -0.25) is 28.9 Å². The fourth-order valence-electron chi connectivity index (χ4n) is 6.21. The van der Waals surface area contributed by atoms with Crippen molar-refractivity contribution in [2.45, 2.75) is 32.1 Å². The van der Waals surface area contributed by atoms with Crippen LogP contribution >= 0.6 is 31.9 Å². The number of phenols is 1. The largest absolute Gasteiger partial charge is 0.503 e. The third-order valence-electron chi connectivity index (χ3n) is 7.91. The van der Waals surface area contributed by atoms with Crippen LogP contribution in [0.1, 0.15) is 37.7 Å². The Labute approximate surface area is 234 Å². The van der Waals surface area contributed by atoms with E-state index in [0.717, 1.165) is 10.5 Å². The van der Waals surface area contributed by atoms with Crippen LogP contribution in [0.5, 0.6) is 11.5 Å². The number of benzene rings is 1. The number of methoxy groups -OCH3 is 1. The minimum atomic E-state index is -1.11. The van der Waals surface area contributed by atoms with Crippen LogP contribution in [0.25, 0.3) is 0 Å². The van der Waals surface area contributed by atoms with Gasteiger partial charge in [-0.1, -0.05) is 11.6 Å². The molecule has 0 radical (unpaired) electrons. The van der Waals surface area contributed by atoms with Gasteiger partial charge in [-0.05, 0) is 75.2 Å². The molecule has 0 bridgehead atoms. The average Bonchev–Trinajstić information content (AvgIpc) is 3.13. The molecule has 9 nitrogen and oxygen atoms in total. The Hall–Kier alpha value is -3.05. The number of carbonyl (C=O) groups is 5. The molecule has 1 aliphatic heterocycles. The summed E-state index contributed by atoms with van der Waals surface area (Å²) in [6.07, 6.45) is 3.20. The monoisotopic (exact) mass is 647 g/mol. The van der Waals surface area contributed by atoms with E-state index in [9.17, 15) is 29.1 Å². The van der Waals surface area contributed by atoms with Crippen molar-refractivity contribution in [3.05, 3.63) is 55.0 Å². The van der Waals surface area contributed by atoms with Gasteiger partial charge in [-0.2, -0.15) is 0 Å². The molecule has 1 aromatic rings. The second-order valence-corrected chi connectivity index (χ2v) is 11.4. The normalized spacial score (nSPS) is 26.6. The molecule has 5 rings (SSSR count). The average molecular weight is 649 g/mol. The van der Waals surface area contributed by atoms with E-state index in [1.165, 1.54) is 13.2 Å². The zero-order valence-electron chi connectivity index (χ0n) is 20.4. The zero-order valence-corrected chi connectivity index (χ0v) is 23.6. The van der Waals surface area contributed by atoms with Crippen molar-refractivity contribution in [3.8, 4) is 11.5 Å².